The number of hydrogen-bond acceptors (Lipinski definition) is 3. The molecule has 0 unspecified atom stereocenters. The maximum Gasteiger partial charge on any atom is 0.125 e. The minimum atomic E-state index is -0.0111. The molecule has 0 aliphatic carbocycles. The standard InChI is InChI=1S/C21H18N6.2ClH/c22-20(23)13-3-1-12(2-4-13)14-5-6-15-10-19(27-18(15)9-14)16-7-8-26-11-17(16)21(24)25;;/h1-11,27H,(H3,22,23)(H3,24,25);2*1H. The van der Waals surface area contributed by atoms with Crippen LogP contribution >= 0.6 is 24.8 Å². The molecule has 6 nitrogen and oxygen atoms in total. The van der Waals surface area contributed by atoms with E-state index in [2.05, 4.69) is 28.2 Å². The Morgan fingerprint density at radius 3 is 2.17 bits per heavy atom. The quantitative estimate of drug-likeness (QED) is 0.246. The van der Waals surface area contributed by atoms with Gasteiger partial charge in [-0.05, 0) is 29.3 Å². The van der Waals surface area contributed by atoms with Crippen molar-refractivity contribution in [1.29, 1.82) is 10.8 Å². The zero-order valence-electron chi connectivity index (χ0n) is 15.3. The molecule has 7 N–H and O–H groups in total. The second-order valence-electron chi connectivity index (χ2n) is 6.31. The van der Waals surface area contributed by atoms with E-state index in [-0.39, 0.29) is 36.5 Å². The predicted octanol–water partition coefficient (Wildman–Crippen LogP) is 4.31. The zero-order chi connectivity index (χ0) is 19.0. The molecule has 0 aliphatic heterocycles. The van der Waals surface area contributed by atoms with Crippen molar-refractivity contribution in [3.8, 4) is 22.4 Å². The SMILES string of the molecule is Cl.Cl.N=C(N)c1ccc(-c2ccc3cc(-c4ccncc4C(=N)N)[nH]c3c2)cc1. The normalized spacial score (nSPS) is 10.1. The zero-order valence-corrected chi connectivity index (χ0v) is 16.9. The number of aromatic amines is 1. The van der Waals surface area contributed by atoms with Gasteiger partial charge in [-0.1, -0.05) is 36.4 Å². The monoisotopic (exact) mass is 426 g/mol. The lowest BCUT2D eigenvalue weighted by Crippen LogP contribution is -2.12. The minimum absolute atomic E-state index is 0. The number of nitrogens with two attached hydrogens (primary N) is 2. The minimum Gasteiger partial charge on any atom is -0.384 e. The molecule has 0 saturated heterocycles. The Hall–Kier alpha value is -3.35. The molecule has 0 aliphatic rings. The number of hydrogen-bond donors (Lipinski definition) is 5. The summed E-state index contributed by atoms with van der Waals surface area (Å²) in [5.74, 6) is 0.0487. The molecular weight excluding hydrogens is 407 g/mol. The number of rotatable bonds is 4. The van der Waals surface area contributed by atoms with Crippen LogP contribution in [0.1, 0.15) is 11.1 Å². The lowest BCUT2D eigenvalue weighted by atomic mass is 10.0. The van der Waals surface area contributed by atoms with Crippen LogP contribution in [0.5, 0.6) is 0 Å². The Bertz CT molecular complexity index is 1180. The summed E-state index contributed by atoms with van der Waals surface area (Å²) in [6.07, 6.45) is 3.29. The van der Waals surface area contributed by atoms with E-state index in [9.17, 15) is 0 Å². The molecule has 4 rings (SSSR count). The third-order valence-corrected chi connectivity index (χ3v) is 4.55. The lowest BCUT2D eigenvalue weighted by Gasteiger charge is -2.05. The molecule has 148 valence electrons. The highest BCUT2D eigenvalue weighted by atomic mass is 35.5. The van der Waals surface area contributed by atoms with Crippen LogP contribution in [-0.2, 0) is 0 Å². The van der Waals surface area contributed by atoms with Gasteiger partial charge in [-0.25, -0.2) is 0 Å². The van der Waals surface area contributed by atoms with Crippen molar-refractivity contribution in [3.63, 3.8) is 0 Å². The molecule has 2 aromatic heterocycles. The Kier molecular flexibility index (Phi) is 6.64. The van der Waals surface area contributed by atoms with Crippen molar-refractivity contribution in [3.05, 3.63) is 78.1 Å². The van der Waals surface area contributed by atoms with Gasteiger partial charge in [0, 0.05) is 45.7 Å². The highest BCUT2D eigenvalue weighted by Crippen LogP contribution is 2.29. The number of aromatic nitrogens is 2. The number of nitrogen functional groups attached to an aromatic ring is 2. The van der Waals surface area contributed by atoms with Crippen LogP contribution in [0.25, 0.3) is 33.3 Å². The first-order valence-corrected chi connectivity index (χ1v) is 8.39. The van der Waals surface area contributed by atoms with Gasteiger partial charge in [0.1, 0.15) is 11.7 Å². The number of fused-ring (bicyclic) bond motifs is 1. The van der Waals surface area contributed by atoms with E-state index < -0.39 is 0 Å². The van der Waals surface area contributed by atoms with E-state index >= 15 is 0 Å². The summed E-state index contributed by atoms with van der Waals surface area (Å²) >= 11 is 0. The van der Waals surface area contributed by atoms with Crippen LogP contribution in [0.15, 0.2) is 67.0 Å². The van der Waals surface area contributed by atoms with E-state index in [1.54, 1.807) is 12.4 Å². The maximum atomic E-state index is 7.75. The summed E-state index contributed by atoms with van der Waals surface area (Å²) in [5, 5.41) is 16.3. The van der Waals surface area contributed by atoms with E-state index in [1.165, 1.54) is 0 Å². The molecule has 0 fully saturated rings. The van der Waals surface area contributed by atoms with Gasteiger partial charge < -0.3 is 16.5 Å². The number of nitrogens with zero attached hydrogens (tertiary/aromatic N) is 1. The summed E-state index contributed by atoms with van der Waals surface area (Å²) < 4.78 is 0. The summed E-state index contributed by atoms with van der Waals surface area (Å²) in [4.78, 5) is 7.47. The number of H-pyrrole nitrogens is 1. The first kappa shape index (κ1) is 21.9. The van der Waals surface area contributed by atoms with E-state index in [0.717, 1.165) is 33.3 Å². The van der Waals surface area contributed by atoms with E-state index in [0.29, 0.717) is 11.1 Å². The number of amidine groups is 2. The van der Waals surface area contributed by atoms with Crippen LogP contribution < -0.4 is 11.5 Å². The highest BCUT2D eigenvalue weighted by molar-refractivity contribution is 6.02. The van der Waals surface area contributed by atoms with Gasteiger partial charge in [0.2, 0.25) is 0 Å². The number of halogens is 2. The second-order valence-corrected chi connectivity index (χ2v) is 6.31. The Morgan fingerprint density at radius 1 is 0.828 bits per heavy atom. The van der Waals surface area contributed by atoms with Crippen LogP contribution in [0.4, 0.5) is 0 Å². The van der Waals surface area contributed by atoms with Gasteiger partial charge in [0.05, 0.1) is 0 Å². The first-order chi connectivity index (χ1) is 13.0. The molecule has 0 spiro atoms. The molecule has 8 heteroatoms. The van der Waals surface area contributed by atoms with Crippen molar-refractivity contribution in [2.75, 3.05) is 0 Å². The van der Waals surface area contributed by atoms with Gasteiger partial charge in [-0.15, -0.1) is 24.8 Å². The fourth-order valence-corrected chi connectivity index (χ4v) is 3.14. The van der Waals surface area contributed by atoms with Crippen LogP contribution in [0.3, 0.4) is 0 Å². The molecule has 0 radical (unpaired) electrons. The average Bonchev–Trinajstić information content (AvgIpc) is 3.11. The first-order valence-electron chi connectivity index (χ1n) is 8.39. The largest absolute Gasteiger partial charge is 0.384 e. The lowest BCUT2D eigenvalue weighted by molar-refractivity contribution is 1.29. The average molecular weight is 427 g/mol. The predicted molar refractivity (Wildman–Crippen MR) is 123 cm³/mol. The summed E-state index contributed by atoms with van der Waals surface area (Å²) in [6.45, 7) is 0. The number of benzene rings is 2. The molecular formula is C21H20Cl2N6. The Balaban J connectivity index is 0.00000150. The number of pyridine rings is 1. The van der Waals surface area contributed by atoms with Gasteiger partial charge in [0.15, 0.2) is 0 Å². The molecule has 0 bridgehead atoms. The summed E-state index contributed by atoms with van der Waals surface area (Å²) in [6, 6.07) is 17.7. The van der Waals surface area contributed by atoms with Crippen molar-refractivity contribution in [2.24, 2.45) is 11.5 Å². The van der Waals surface area contributed by atoms with Gasteiger partial charge in [-0.3, -0.25) is 15.8 Å². The third kappa shape index (κ3) is 4.23. The topological polar surface area (TPSA) is 128 Å². The molecule has 0 atom stereocenters. The van der Waals surface area contributed by atoms with E-state index in [4.69, 9.17) is 22.3 Å². The van der Waals surface area contributed by atoms with Crippen molar-refractivity contribution >= 4 is 47.4 Å². The van der Waals surface area contributed by atoms with Crippen LogP contribution in [0.2, 0.25) is 0 Å². The Morgan fingerprint density at radius 2 is 1.52 bits per heavy atom. The summed E-state index contributed by atoms with van der Waals surface area (Å²) in [5.41, 5.74) is 17.3. The highest BCUT2D eigenvalue weighted by Gasteiger charge is 2.11. The van der Waals surface area contributed by atoms with Crippen LogP contribution in [-0.4, -0.2) is 21.6 Å². The van der Waals surface area contributed by atoms with Gasteiger partial charge in [0.25, 0.3) is 0 Å². The molecule has 2 aromatic carbocycles. The fraction of sp³-hybridized carbons (Fsp3) is 0. The molecule has 4 aromatic rings. The van der Waals surface area contributed by atoms with Gasteiger partial charge in [-0.2, -0.15) is 0 Å². The molecule has 2 heterocycles. The van der Waals surface area contributed by atoms with Crippen molar-refractivity contribution in [1.82, 2.24) is 9.97 Å². The molecule has 0 saturated carbocycles. The maximum absolute atomic E-state index is 7.75. The van der Waals surface area contributed by atoms with Crippen LogP contribution in [0, 0.1) is 10.8 Å². The third-order valence-electron chi connectivity index (χ3n) is 4.55. The van der Waals surface area contributed by atoms with E-state index in [1.807, 2.05) is 36.4 Å². The molecule has 29 heavy (non-hydrogen) atoms. The smallest absolute Gasteiger partial charge is 0.125 e. The second kappa shape index (κ2) is 8.77. The summed E-state index contributed by atoms with van der Waals surface area (Å²) in [7, 11) is 0. The number of nitrogens with one attached hydrogen (secondary N) is 3. The van der Waals surface area contributed by atoms with Gasteiger partial charge >= 0.3 is 0 Å². The molecule has 0 amide bonds. The van der Waals surface area contributed by atoms with Crippen molar-refractivity contribution in [2.45, 2.75) is 0 Å². The Labute approximate surface area is 180 Å². The fourth-order valence-electron chi connectivity index (χ4n) is 3.14. The van der Waals surface area contributed by atoms with Crippen molar-refractivity contribution < 1.29 is 0 Å².